The summed E-state index contributed by atoms with van der Waals surface area (Å²) in [6.45, 7) is 2.47. The highest BCUT2D eigenvalue weighted by Crippen LogP contribution is 2.38. The molecule has 10 heteroatoms. The van der Waals surface area contributed by atoms with Crippen molar-refractivity contribution in [2.45, 2.75) is 22.9 Å². The standard InChI is InChI=1S/C20H20BrF3N2O2S2/c1-13-19(29-10-9-25(2)3)17-12-15(21)7-8-18(17)26(13)30(27,28)16-6-4-5-14(11-16)20(22,23)24/h4-8,11-12H,9-10H2,1-3H3. The lowest BCUT2D eigenvalue weighted by Crippen LogP contribution is -2.16. The summed E-state index contributed by atoms with van der Waals surface area (Å²) in [7, 11) is -0.335. The minimum absolute atomic E-state index is 0.398. The Hall–Kier alpha value is -1.49. The quantitative estimate of drug-likeness (QED) is 0.395. The zero-order valence-corrected chi connectivity index (χ0v) is 19.7. The van der Waals surface area contributed by atoms with Crippen LogP contribution >= 0.6 is 27.7 Å². The summed E-state index contributed by atoms with van der Waals surface area (Å²) in [5.74, 6) is 0.739. The number of benzene rings is 2. The van der Waals surface area contributed by atoms with Gasteiger partial charge in [-0.05, 0) is 57.4 Å². The molecule has 4 nitrogen and oxygen atoms in total. The highest BCUT2D eigenvalue weighted by Gasteiger charge is 2.33. The molecule has 0 fully saturated rings. The normalized spacial score (nSPS) is 12.8. The smallest absolute Gasteiger partial charge is 0.309 e. The van der Waals surface area contributed by atoms with Gasteiger partial charge in [-0.3, -0.25) is 0 Å². The molecule has 0 N–H and O–H groups in total. The van der Waals surface area contributed by atoms with Crippen LogP contribution in [0.4, 0.5) is 13.2 Å². The van der Waals surface area contributed by atoms with Gasteiger partial charge in [0, 0.05) is 32.7 Å². The minimum atomic E-state index is -4.63. The molecule has 3 rings (SSSR count). The van der Waals surface area contributed by atoms with Crippen LogP contribution in [0.5, 0.6) is 0 Å². The summed E-state index contributed by atoms with van der Waals surface area (Å²) in [5, 5.41) is 0.737. The van der Waals surface area contributed by atoms with Gasteiger partial charge in [0.2, 0.25) is 0 Å². The second-order valence-electron chi connectivity index (χ2n) is 7.02. The van der Waals surface area contributed by atoms with Crippen molar-refractivity contribution < 1.29 is 21.6 Å². The number of fused-ring (bicyclic) bond motifs is 1. The van der Waals surface area contributed by atoms with Crippen molar-refractivity contribution in [3.05, 3.63) is 58.2 Å². The van der Waals surface area contributed by atoms with Crippen LogP contribution in [0.15, 0.2) is 56.7 Å². The third-order valence-corrected chi connectivity index (χ3v) is 8.02. The summed E-state index contributed by atoms with van der Waals surface area (Å²) < 4.78 is 68.1. The average molecular weight is 521 g/mol. The van der Waals surface area contributed by atoms with Crippen molar-refractivity contribution in [2.24, 2.45) is 0 Å². The third kappa shape index (κ3) is 4.56. The molecule has 0 radical (unpaired) electrons. The Morgan fingerprint density at radius 2 is 1.83 bits per heavy atom. The van der Waals surface area contributed by atoms with Crippen LogP contribution in [0.2, 0.25) is 0 Å². The first kappa shape index (κ1) is 23.2. The Labute approximate surface area is 186 Å². The Bertz CT molecular complexity index is 1190. The highest BCUT2D eigenvalue weighted by molar-refractivity contribution is 9.10. The molecule has 3 aromatic rings. The fourth-order valence-corrected chi connectivity index (χ4v) is 6.40. The van der Waals surface area contributed by atoms with Crippen molar-refractivity contribution in [3.8, 4) is 0 Å². The van der Waals surface area contributed by atoms with Gasteiger partial charge in [-0.2, -0.15) is 13.2 Å². The second-order valence-corrected chi connectivity index (χ2v) is 10.8. The highest BCUT2D eigenvalue weighted by atomic mass is 79.9. The van der Waals surface area contributed by atoms with Gasteiger partial charge in [0.15, 0.2) is 0 Å². The number of halogens is 4. The molecule has 162 valence electrons. The van der Waals surface area contributed by atoms with E-state index < -0.39 is 26.7 Å². The summed E-state index contributed by atoms with van der Waals surface area (Å²) in [5.41, 5.74) is -0.0919. The summed E-state index contributed by atoms with van der Waals surface area (Å²) in [6.07, 6.45) is -4.63. The summed E-state index contributed by atoms with van der Waals surface area (Å²) in [6, 6.07) is 9.05. The number of hydrogen-bond acceptors (Lipinski definition) is 4. The number of nitrogens with zero attached hydrogens (tertiary/aromatic N) is 2. The topological polar surface area (TPSA) is 42.3 Å². The van der Waals surface area contributed by atoms with Crippen molar-refractivity contribution in [3.63, 3.8) is 0 Å². The molecule has 0 aliphatic carbocycles. The fraction of sp³-hybridized carbons (Fsp3) is 0.300. The van der Waals surface area contributed by atoms with E-state index in [-0.39, 0.29) is 0 Å². The van der Waals surface area contributed by atoms with Crippen molar-refractivity contribution in [1.82, 2.24) is 8.87 Å². The van der Waals surface area contributed by atoms with Crippen LogP contribution in [-0.2, 0) is 16.2 Å². The van der Waals surface area contributed by atoms with Crippen LogP contribution in [0.25, 0.3) is 10.9 Å². The Kier molecular flexibility index (Phi) is 6.62. The van der Waals surface area contributed by atoms with Crippen molar-refractivity contribution >= 4 is 48.6 Å². The van der Waals surface area contributed by atoms with Crippen molar-refractivity contribution in [2.75, 3.05) is 26.4 Å². The zero-order chi connectivity index (χ0) is 22.3. The van der Waals surface area contributed by atoms with Crippen LogP contribution in [-0.4, -0.2) is 43.7 Å². The second kappa shape index (κ2) is 8.57. The van der Waals surface area contributed by atoms with Gasteiger partial charge in [-0.25, -0.2) is 12.4 Å². The SMILES string of the molecule is Cc1c(SCCN(C)C)c2cc(Br)ccc2n1S(=O)(=O)c1cccc(C(F)(F)F)c1. The van der Waals surface area contributed by atoms with Gasteiger partial charge in [0.05, 0.1) is 16.0 Å². The predicted molar refractivity (Wildman–Crippen MR) is 118 cm³/mol. The van der Waals surface area contributed by atoms with Gasteiger partial charge in [-0.15, -0.1) is 11.8 Å². The number of thioether (sulfide) groups is 1. The van der Waals surface area contributed by atoms with E-state index in [0.29, 0.717) is 17.3 Å². The fourth-order valence-electron chi connectivity index (χ4n) is 3.10. The van der Waals surface area contributed by atoms with Crippen LogP contribution in [0.3, 0.4) is 0 Å². The molecule has 0 amide bonds. The lowest BCUT2D eigenvalue weighted by atomic mass is 10.2. The first-order valence-electron chi connectivity index (χ1n) is 8.94. The molecule has 0 saturated carbocycles. The van der Waals surface area contributed by atoms with Gasteiger partial charge in [0.25, 0.3) is 10.0 Å². The van der Waals surface area contributed by atoms with Gasteiger partial charge >= 0.3 is 6.18 Å². The zero-order valence-electron chi connectivity index (χ0n) is 16.5. The molecule has 0 atom stereocenters. The molecular weight excluding hydrogens is 501 g/mol. The predicted octanol–water partition coefficient (Wildman–Crippen LogP) is 5.62. The molecule has 30 heavy (non-hydrogen) atoms. The summed E-state index contributed by atoms with van der Waals surface area (Å²) >= 11 is 4.94. The Balaban J connectivity index is 2.19. The van der Waals surface area contributed by atoms with Crippen LogP contribution in [0, 0.1) is 6.92 Å². The molecule has 1 aromatic heterocycles. The molecule has 0 saturated heterocycles. The van der Waals surface area contributed by atoms with E-state index in [1.807, 2.05) is 25.1 Å². The lowest BCUT2D eigenvalue weighted by Gasteiger charge is -2.13. The molecule has 2 aromatic carbocycles. The van der Waals surface area contributed by atoms with Gasteiger partial charge < -0.3 is 4.90 Å². The van der Waals surface area contributed by atoms with Gasteiger partial charge in [-0.1, -0.05) is 22.0 Å². The Morgan fingerprint density at radius 1 is 1.13 bits per heavy atom. The molecular formula is C20H20BrF3N2O2S2. The molecule has 0 aliphatic rings. The first-order chi connectivity index (χ1) is 13.9. The maximum absolute atomic E-state index is 13.4. The molecule has 0 spiro atoms. The van der Waals surface area contributed by atoms with E-state index in [1.54, 1.807) is 19.1 Å². The van der Waals surface area contributed by atoms with E-state index in [4.69, 9.17) is 0 Å². The Morgan fingerprint density at radius 3 is 2.47 bits per heavy atom. The lowest BCUT2D eigenvalue weighted by molar-refractivity contribution is -0.137. The minimum Gasteiger partial charge on any atom is -0.309 e. The van der Waals surface area contributed by atoms with Gasteiger partial charge in [0.1, 0.15) is 0 Å². The molecule has 0 aliphatic heterocycles. The average Bonchev–Trinajstić information content (AvgIpc) is 2.92. The van der Waals surface area contributed by atoms with E-state index in [0.717, 1.165) is 43.2 Å². The number of hydrogen-bond donors (Lipinski definition) is 0. The number of aromatic nitrogens is 1. The molecule has 0 unspecified atom stereocenters. The number of alkyl halides is 3. The maximum Gasteiger partial charge on any atom is 0.416 e. The first-order valence-corrected chi connectivity index (χ1v) is 12.2. The van der Waals surface area contributed by atoms with Crippen LogP contribution in [0.1, 0.15) is 11.3 Å². The monoisotopic (exact) mass is 520 g/mol. The third-order valence-electron chi connectivity index (χ3n) is 4.54. The maximum atomic E-state index is 13.4. The van der Waals surface area contributed by atoms with E-state index in [9.17, 15) is 21.6 Å². The largest absolute Gasteiger partial charge is 0.416 e. The molecule has 1 heterocycles. The van der Waals surface area contributed by atoms with E-state index in [1.165, 1.54) is 17.8 Å². The van der Waals surface area contributed by atoms with E-state index >= 15 is 0 Å². The van der Waals surface area contributed by atoms with E-state index in [2.05, 4.69) is 15.9 Å². The summed E-state index contributed by atoms with van der Waals surface area (Å²) in [4.78, 5) is 2.42. The van der Waals surface area contributed by atoms with Crippen LogP contribution < -0.4 is 0 Å². The molecule has 0 bridgehead atoms. The van der Waals surface area contributed by atoms with Crippen molar-refractivity contribution in [1.29, 1.82) is 0 Å². The number of rotatable bonds is 6.